The number of nitrogens with two attached hydrogens (primary N) is 1. The van der Waals surface area contributed by atoms with Gasteiger partial charge in [-0.2, -0.15) is 0 Å². The molecule has 6 heteroatoms. The molecular formula is C13H16N4O2. The fraction of sp³-hybridized carbons (Fsp3) is 0.385. The monoisotopic (exact) mass is 260 g/mol. The Kier molecular flexibility index (Phi) is 3.18. The van der Waals surface area contributed by atoms with E-state index in [0.717, 1.165) is 30.6 Å². The van der Waals surface area contributed by atoms with Crippen LogP contribution in [-0.4, -0.2) is 42.2 Å². The molecule has 0 bridgehead atoms. The summed E-state index contributed by atoms with van der Waals surface area (Å²) >= 11 is 0. The van der Waals surface area contributed by atoms with Gasteiger partial charge < -0.3 is 20.8 Å². The Morgan fingerprint density at radius 2 is 2.42 bits per heavy atom. The van der Waals surface area contributed by atoms with E-state index in [1.807, 2.05) is 6.07 Å². The standard InChI is InChI=1S/C13H16N4O2/c14-13(18)12-11-9(1-2-16-11)10(6-17-12)8-5-15-3-4-19-7-8/h1-2,6,8,15-16H,3-5,7H2,(H2,14,18). The summed E-state index contributed by atoms with van der Waals surface area (Å²) in [5, 5.41) is 4.32. The molecule has 4 N–H and O–H groups in total. The van der Waals surface area contributed by atoms with E-state index in [0.29, 0.717) is 12.1 Å². The molecule has 0 aliphatic carbocycles. The summed E-state index contributed by atoms with van der Waals surface area (Å²) in [5.74, 6) is -0.288. The van der Waals surface area contributed by atoms with Crippen molar-refractivity contribution in [2.45, 2.75) is 5.92 Å². The Labute approximate surface area is 110 Å². The third-order valence-electron chi connectivity index (χ3n) is 3.43. The average molecular weight is 260 g/mol. The van der Waals surface area contributed by atoms with Crippen LogP contribution >= 0.6 is 0 Å². The van der Waals surface area contributed by atoms with Crippen molar-refractivity contribution < 1.29 is 9.53 Å². The van der Waals surface area contributed by atoms with Crippen molar-refractivity contribution in [1.29, 1.82) is 0 Å². The van der Waals surface area contributed by atoms with Gasteiger partial charge in [0.1, 0.15) is 0 Å². The van der Waals surface area contributed by atoms with Gasteiger partial charge in [-0.05, 0) is 11.6 Å². The second-order valence-electron chi connectivity index (χ2n) is 4.67. The molecule has 1 fully saturated rings. The van der Waals surface area contributed by atoms with E-state index in [1.54, 1.807) is 12.4 Å². The van der Waals surface area contributed by atoms with Crippen LogP contribution in [0.5, 0.6) is 0 Å². The highest BCUT2D eigenvalue weighted by atomic mass is 16.5. The molecular weight excluding hydrogens is 244 g/mol. The molecule has 1 saturated heterocycles. The van der Waals surface area contributed by atoms with Gasteiger partial charge in [0.15, 0.2) is 5.69 Å². The van der Waals surface area contributed by atoms with Gasteiger partial charge in [0.05, 0.1) is 18.7 Å². The molecule has 1 atom stereocenters. The van der Waals surface area contributed by atoms with Gasteiger partial charge in [0, 0.05) is 36.8 Å². The fourth-order valence-corrected chi connectivity index (χ4v) is 2.49. The Balaban J connectivity index is 2.06. The smallest absolute Gasteiger partial charge is 0.269 e. The Bertz CT molecular complexity index is 600. The minimum absolute atomic E-state index is 0.232. The van der Waals surface area contributed by atoms with E-state index in [1.165, 1.54) is 0 Å². The molecule has 0 aromatic carbocycles. The fourth-order valence-electron chi connectivity index (χ4n) is 2.49. The molecule has 3 rings (SSSR count). The van der Waals surface area contributed by atoms with E-state index in [4.69, 9.17) is 10.5 Å². The SMILES string of the molecule is NC(=O)c1ncc(C2CNCCOC2)c2cc[nH]c12. The Morgan fingerprint density at radius 3 is 3.26 bits per heavy atom. The Hall–Kier alpha value is -1.92. The molecule has 3 heterocycles. The van der Waals surface area contributed by atoms with Crippen molar-refractivity contribution in [3.8, 4) is 0 Å². The first-order valence-electron chi connectivity index (χ1n) is 6.31. The van der Waals surface area contributed by atoms with Gasteiger partial charge in [-0.25, -0.2) is 4.98 Å². The number of carbonyl (C=O) groups excluding carboxylic acids is 1. The summed E-state index contributed by atoms with van der Waals surface area (Å²) in [7, 11) is 0. The number of nitrogens with zero attached hydrogens (tertiary/aromatic N) is 1. The van der Waals surface area contributed by atoms with Gasteiger partial charge in [0.2, 0.25) is 0 Å². The van der Waals surface area contributed by atoms with Crippen LogP contribution in [0.1, 0.15) is 22.0 Å². The number of aromatic amines is 1. The average Bonchev–Trinajstić information content (AvgIpc) is 2.73. The number of hydrogen-bond acceptors (Lipinski definition) is 4. The molecule has 2 aromatic heterocycles. The number of amides is 1. The largest absolute Gasteiger partial charge is 0.379 e. The summed E-state index contributed by atoms with van der Waals surface area (Å²) in [4.78, 5) is 18.6. The zero-order valence-corrected chi connectivity index (χ0v) is 10.5. The maximum atomic E-state index is 11.4. The minimum atomic E-state index is -0.519. The first kappa shape index (κ1) is 12.1. The molecule has 0 spiro atoms. The van der Waals surface area contributed by atoms with Crippen LogP contribution in [0.4, 0.5) is 0 Å². The molecule has 1 unspecified atom stereocenters. The van der Waals surface area contributed by atoms with Crippen molar-refractivity contribution in [2.75, 3.05) is 26.3 Å². The number of aromatic nitrogens is 2. The quantitative estimate of drug-likeness (QED) is 0.727. The van der Waals surface area contributed by atoms with Gasteiger partial charge >= 0.3 is 0 Å². The van der Waals surface area contributed by atoms with Crippen LogP contribution in [0.25, 0.3) is 10.9 Å². The van der Waals surface area contributed by atoms with Gasteiger partial charge in [-0.15, -0.1) is 0 Å². The van der Waals surface area contributed by atoms with Crippen LogP contribution < -0.4 is 11.1 Å². The van der Waals surface area contributed by atoms with E-state index in [9.17, 15) is 4.79 Å². The molecule has 19 heavy (non-hydrogen) atoms. The first-order valence-corrected chi connectivity index (χ1v) is 6.31. The number of ether oxygens (including phenoxy) is 1. The lowest BCUT2D eigenvalue weighted by atomic mass is 9.98. The molecule has 1 aliphatic rings. The topological polar surface area (TPSA) is 93.0 Å². The van der Waals surface area contributed by atoms with Crippen molar-refractivity contribution in [2.24, 2.45) is 5.73 Å². The van der Waals surface area contributed by atoms with Crippen LogP contribution in [0.15, 0.2) is 18.5 Å². The number of pyridine rings is 1. The molecule has 2 aromatic rings. The van der Waals surface area contributed by atoms with Gasteiger partial charge in [0.25, 0.3) is 5.91 Å². The third kappa shape index (κ3) is 2.20. The summed E-state index contributed by atoms with van der Waals surface area (Å²) < 4.78 is 5.57. The minimum Gasteiger partial charge on any atom is -0.379 e. The van der Waals surface area contributed by atoms with E-state index >= 15 is 0 Å². The second kappa shape index (κ2) is 4.99. The van der Waals surface area contributed by atoms with Crippen LogP contribution in [0, 0.1) is 0 Å². The predicted molar refractivity (Wildman–Crippen MR) is 71.0 cm³/mol. The van der Waals surface area contributed by atoms with Crippen molar-refractivity contribution in [1.82, 2.24) is 15.3 Å². The molecule has 100 valence electrons. The van der Waals surface area contributed by atoms with Crippen LogP contribution in [0.2, 0.25) is 0 Å². The summed E-state index contributed by atoms with van der Waals surface area (Å²) in [6.45, 7) is 3.09. The number of fused-ring (bicyclic) bond motifs is 1. The number of hydrogen-bond donors (Lipinski definition) is 3. The number of primary amides is 1. The molecule has 1 aliphatic heterocycles. The maximum absolute atomic E-state index is 11.4. The van der Waals surface area contributed by atoms with Crippen molar-refractivity contribution in [3.05, 3.63) is 29.7 Å². The lowest BCUT2D eigenvalue weighted by Gasteiger charge is -2.15. The number of carbonyl (C=O) groups is 1. The summed E-state index contributed by atoms with van der Waals surface area (Å²) in [6, 6.07) is 1.95. The van der Waals surface area contributed by atoms with Gasteiger partial charge in [-0.1, -0.05) is 0 Å². The predicted octanol–water partition coefficient (Wildman–Crippen LogP) is 0.365. The van der Waals surface area contributed by atoms with Crippen LogP contribution in [-0.2, 0) is 4.74 Å². The summed E-state index contributed by atoms with van der Waals surface area (Å²) in [5.41, 5.74) is 7.40. The second-order valence-corrected chi connectivity index (χ2v) is 4.67. The lowest BCUT2D eigenvalue weighted by molar-refractivity contribution is 0.0997. The highest BCUT2D eigenvalue weighted by Gasteiger charge is 2.20. The van der Waals surface area contributed by atoms with Gasteiger partial charge in [-0.3, -0.25) is 4.79 Å². The third-order valence-corrected chi connectivity index (χ3v) is 3.43. The molecule has 0 saturated carbocycles. The Morgan fingerprint density at radius 1 is 1.53 bits per heavy atom. The first-order chi connectivity index (χ1) is 9.27. The zero-order valence-electron chi connectivity index (χ0n) is 10.5. The molecule has 6 nitrogen and oxygen atoms in total. The zero-order chi connectivity index (χ0) is 13.2. The number of H-pyrrole nitrogens is 1. The van der Waals surface area contributed by atoms with E-state index < -0.39 is 5.91 Å². The highest BCUT2D eigenvalue weighted by Crippen LogP contribution is 2.26. The highest BCUT2D eigenvalue weighted by molar-refractivity contribution is 6.03. The maximum Gasteiger partial charge on any atom is 0.269 e. The number of nitrogens with one attached hydrogen (secondary N) is 2. The van der Waals surface area contributed by atoms with Crippen molar-refractivity contribution >= 4 is 16.8 Å². The molecule has 0 radical (unpaired) electrons. The summed E-state index contributed by atoms with van der Waals surface area (Å²) in [6.07, 6.45) is 3.53. The van der Waals surface area contributed by atoms with E-state index in [-0.39, 0.29) is 11.6 Å². The van der Waals surface area contributed by atoms with E-state index in [2.05, 4.69) is 15.3 Å². The number of rotatable bonds is 2. The lowest BCUT2D eigenvalue weighted by Crippen LogP contribution is -2.22. The van der Waals surface area contributed by atoms with Crippen LogP contribution in [0.3, 0.4) is 0 Å². The van der Waals surface area contributed by atoms with Crippen molar-refractivity contribution in [3.63, 3.8) is 0 Å². The molecule has 1 amide bonds. The normalized spacial score (nSPS) is 20.3.